The molecule has 18 N–H and O–H groups in total. The third-order valence-corrected chi connectivity index (χ3v) is 18.2. The van der Waals surface area contributed by atoms with Gasteiger partial charge in [-0.15, -0.1) is 0 Å². The summed E-state index contributed by atoms with van der Waals surface area (Å²) in [5, 5.41) is 139. The van der Waals surface area contributed by atoms with Gasteiger partial charge in [0.25, 0.3) is 0 Å². The summed E-state index contributed by atoms with van der Waals surface area (Å²) >= 11 is 0. The van der Waals surface area contributed by atoms with Gasteiger partial charge >= 0.3 is 52.0 Å². The second kappa shape index (κ2) is 33.7. The van der Waals surface area contributed by atoms with Crippen molar-refractivity contribution >= 4 is 52.0 Å². The molecule has 0 aliphatic carbocycles. The van der Waals surface area contributed by atoms with Crippen molar-refractivity contribution in [3.05, 3.63) is 0 Å². The van der Waals surface area contributed by atoms with Crippen LogP contribution in [0.2, 0.25) is 0 Å². The molecular weight excluding hydrogens is 1390 g/mol. The molecule has 0 bridgehead atoms. The first kappa shape index (κ1) is 80.4. The maximum atomic E-state index is 12.1. The maximum absolute atomic E-state index is 12.1. The van der Waals surface area contributed by atoms with E-state index in [-0.39, 0.29) is 0 Å². The number of hydrogen-bond donors (Lipinski definition) is 18. The van der Waals surface area contributed by atoms with E-state index in [1.54, 1.807) is 0 Å². The van der Waals surface area contributed by atoms with E-state index in [2.05, 4.69) is 16.7 Å². The van der Waals surface area contributed by atoms with Crippen molar-refractivity contribution in [1.29, 1.82) is 0 Å². The lowest BCUT2D eigenvalue weighted by Crippen LogP contribution is -2.62. The molecule has 548 valence electrons. The molecule has 44 nitrogen and oxygen atoms in total. The van der Waals surface area contributed by atoms with Gasteiger partial charge in [0.1, 0.15) is 128 Å². The molecule has 0 aromatic carbocycles. The Morgan fingerprint density at radius 3 is 0.925 bits per heavy atom. The Morgan fingerprint density at radius 2 is 0.527 bits per heavy atom. The molecule has 6 rings (SSSR count). The smallest absolute Gasteiger partial charge is 0.394 e. The number of aliphatic hydroxyl groups excluding tert-OH is 13. The monoisotopic (exact) mass is 1470 g/mol. The predicted octanol–water partition coefficient (Wildman–Crippen LogP) is -12.0. The summed E-state index contributed by atoms with van der Waals surface area (Å²) in [6, 6.07) is 0. The third kappa shape index (κ3) is 22.4. The molecule has 0 saturated carbocycles. The van der Waals surface area contributed by atoms with Gasteiger partial charge in [0.05, 0.1) is 110 Å². The van der Waals surface area contributed by atoms with Gasteiger partial charge in [-0.2, -0.15) is 42.1 Å². The zero-order valence-corrected chi connectivity index (χ0v) is 52.6. The quantitative estimate of drug-likeness (QED) is 0.0278. The zero-order valence-electron chi connectivity index (χ0n) is 48.5. The van der Waals surface area contributed by atoms with Crippen LogP contribution in [-0.4, -0.2) is 376 Å². The minimum Gasteiger partial charge on any atom is -0.394 e. The molecule has 0 radical (unpaired) electrons. The summed E-state index contributed by atoms with van der Waals surface area (Å²) in [4.78, 5) is 0. The Balaban J connectivity index is 1.08. The van der Waals surface area contributed by atoms with Crippen LogP contribution in [0, 0.1) is 17.8 Å². The Hall–Kier alpha value is -1.61. The van der Waals surface area contributed by atoms with E-state index in [1.807, 2.05) is 0 Å². The van der Waals surface area contributed by atoms with Crippen LogP contribution >= 0.6 is 0 Å². The molecule has 6 heterocycles. The minimum atomic E-state index is -5.51. The Labute approximate surface area is 530 Å². The summed E-state index contributed by atoms with van der Waals surface area (Å²) in [5.41, 5.74) is 0. The molecule has 30 atom stereocenters. The first-order chi connectivity index (χ1) is 43.0. The molecule has 0 spiro atoms. The van der Waals surface area contributed by atoms with E-state index in [9.17, 15) is 122 Å². The van der Waals surface area contributed by atoms with Gasteiger partial charge in [0.2, 0.25) is 0 Å². The first-order valence-corrected chi connectivity index (χ1v) is 34.7. The predicted molar refractivity (Wildman–Crippen MR) is 286 cm³/mol. The topological polar surface area (TPSA) is 683 Å². The first-order valence-electron chi connectivity index (χ1n) is 27.8. The van der Waals surface area contributed by atoms with E-state index in [1.165, 1.54) is 13.8 Å². The molecule has 6 aliphatic heterocycles. The van der Waals surface area contributed by atoms with Crippen molar-refractivity contribution in [2.75, 3.05) is 79.3 Å². The fourth-order valence-corrected chi connectivity index (χ4v) is 13.8. The zero-order chi connectivity index (χ0) is 69.6. The summed E-state index contributed by atoms with van der Waals surface area (Å²) in [6.45, 7) is -6.86. The number of rotatable bonds is 32. The molecule has 6 fully saturated rings. The molecule has 6 saturated heterocycles. The molecule has 0 amide bonds. The fourth-order valence-electron chi connectivity index (χ4n) is 11.2. The Kier molecular flexibility index (Phi) is 29.1. The largest absolute Gasteiger partial charge is 0.397 e. The molecule has 0 aromatic heterocycles. The van der Waals surface area contributed by atoms with E-state index >= 15 is 0 Å². The molecule has 93 heavy (non-hydrogen) atoms. The summed E-state index contributed by atoms with van der Waals surface area (Å²) in [7, 11) is -26.9. The van der Waals surface area contributed by atoms with Crippen LogP contribution in [0.5, 0.6) is 0 Å². The minimum absolute atomic E-state index is 0.581. The van der Waals surface area contributed by atoms with Crippen molar-refractivity contribution < 1.29 is 204 Å². The van der Waals surface area contributed by atoms with Gasteiger partial charge in [0.15, 0.2) is 6.29 Å². The number of hydrogen-bond acceptors (Lipinski definition) is 39. The van der Waals surface area contributed by atoms with Gasteiger partial charge in [-0.25, -0.2) is 20.9 Å². The highest BCUT2D eigenvalue weighted by Crippen LogP contribution is 2.36. The van der Waals surface area contributed by atoms with Gasteiger partial charge in [0, 0.05) is 17.8 Å². The highest BCUT2D eigenvalue weighted by molar-refractivity contribution is 7.81. The maximum Gasteiger partial charge on any atom is 0.397 e. The average molecular weight is 1470 g/mol. The normalized spacial score (nSPS) is 42.7. The van der Waals surface area contributed by atoms with Crippen LogP contribution in [0.4, 0.5) is 0 Å². The van der Waals surface area contributed by atoms with E-state index in [4.69, 9.17) is 65.4 Å². The van der Waals surface area contributed by atoms with E-state index < -0.39 is 314 Å². The lowest BCUT2D eigenvalue weighted by Gasteiger charge is -2.44. The highest BCUT2D eigenvalue weighted by Gasteiger charge is 2.54. The van der Waals surface area contributed by atoms with Crippen LogP contribution in [0.25, 0.3) is 0 Å². The van der Waals surface area contributed by atoms with Gasteiger partial charge in [-0.1, -0.05) is 0 Å². The number of ether oxygens (including phenoxy) is 11. The number of aliphatic hydroxyl groups is 13. The second-order valence-electron chi connectivity index (χ2n) is 22.4. The lowest BCUT2D eigenvalue weighted by atomic mass is 9.86. The summed E-state index contributed by atoms with van der Waals surface area (Å²) < 4.78 is 249. The van der Waals surface area contributed by atoms with Gasteiger partial charge < -0.3 is 118 Å². The third-order valence-electron chi connectivity index (χ3n) is 15.9. The van der Waals surface area contributed by atoms with Gasteiger partial charge in [-0.05, 0) is 13.8 Å². The molecule has 6 aliphatic rings. The van der Waals surface area contributed by atoms with Crippen molar-refractivity contribution in [1.82, 2.24) is 0 Å². The molecule has 0 aromatic rings. The van der Waals surface area contributed by atoms with Crippen molar-refractivity contribution in [2.45, 2.75) is 179 Å². The average Bonchev–Trinajstić information content (AvgIpc) is 0.979. The van der Waals surface area contributed by atoms with Crippen molar-refractivity contribution in [3.63, 3.8) is 0 Å². The Bertz CT molecular complexity index is 2920. The highest BCUT2D eigenvalue weighted by atomic mass is 32.3. The Morgan fingerprint density at radius 1 is 0.269 bits per heavy atom. The van der Waals surface area contributed by atoms with Crippen LogP contribution in [-0.2, 0) is 125 Å². The summed E-state index contributed by atoms with van der Waals surface area (Å²) in [5.74, 6) is -4.36. The second-order valence-corrected chi connectivity index (χ2v) is 27.6. The van der Waals surface area contributed by atoms with Crippen LogP contribution in [0.3, 0.4) is 0 Å². The molecule has 49 heteroatoms. The van der Waals surface area contributed by atoms with Crippen LogP contribution < -0.4 is 0 Å². The lowest BCUT2D eigenvalue weighted by molar-refractivity contribution is -0.283. The summed E-state index contributed by atoms with van der Waals surface area (Å²) in [6.07, 6.45) is -49.7. The standard InChI is InChI=1S/C44H78O44S5/c1-15-17(5-73-11-25-34(52)41(86-91(64,65)66)29(47)16(2)79-25)39(84-89(58,59)60)33(51)24(78-15)10-75-7-19-30(48)20(3-45)80-23(31(19)49)9-74-6-18-22(83-44(57)38(56)40(18)85-90(61,62)63)8-76-13-27-36(54)43(88-93(70,71)72)37(55)28(82-27)14-77-12-26-35(53)42(87-92(67,68)69)32(50)21(4-46)81-26/h15-57H,3-14H2,1-2H3,(H,58,59,60)(H,61,62,63)(H,64,65,66)(H,67,68,69)(H,70,71,72)/t15?,16?,17-,18+,19-,20?,21?,22?,23+,24+,25+,26+,27+,28?,29-,30-,31?,32+,33?,34?,35?,36?,37+,38?,39+,40-,41+,42-,43+,44-/m1/s1. The van der Waals surface area contributed by atoms with Crippen molar-refractivity contribution in [3.8, 4) is 0 Å². The molecule has 12 unspecified atom stereocenters. The van der Waals surface area contributed by atoms with E-state index in [0.717, 1.165) is 0 Å². The fraction of sp³-hybridized carbons (Fsp3) is 1.00. The van der Waals surface area contributed by atoms with Gasteiger partial charge in [-0.3, -0.25) is 22.8 Å². The molecular formula is C44H78O44S5. The van der Waals surface area contributed by atoms with Crippen molar-refractivity contribution in [2.24, 2.45) is 17.8 Å². The van der Waals surface area contributed by atoms with E-state index in [0.29, 0.717) is 0 Å². The SMILES string of the molecule is CC1O[C@@H](COC[C@@H]2C(C)O[C@@H](COC[C@H]3C(O)[C@H](COC[C@H]4C(COC[C@@H]5OC(COC[C@@H]6OC(CO)[C@H](O)[C@@H](OS(=O)(=O)O)C6O)[C@H](O)[C@@H](OS(=O)(=O)O)C5O)O[C@@H](O)C(O)[C@@H]4OS(=O)(=O)O)OC(CO)[C@@H]3O)C(O)[C@H]2OS(=O)(=O)O)C(O)[C@@H](OS(=O)(=O)O)[C@@H]1O. The van der Waals surface area contributed by atoms with Crippen LogP contribution in [0.15, 0.2) is 0 Å². The van der Waals surface area contributed by atoms with Crippen LogP contribution in [0.1, 0.15) is 13.8 Å².